The number of hydrogen-bond acceptors (Lipinski definition) is 4. The molecule has 1 saturated heterocycles. The van der Waals surface area contributed by atoms with Crippen molar-refractivity contribution < 1.29 is 33.0 Å². The van der Waals surface area contributed by atoms with E-state index < -0.39 is 40.1 Å². The predicted molar refractivity (Wildman–Crippen MR) is 82.7 cm³/mol. The average Bonchev–Trinajstić information content (AvgIpc) is 2.51. The second kappa shape index (κ2) is 6.96. The van der Waals surface area contributed by atoms with Crippen LogP contribution in [0.5, 0.6) is 0 Å². The number of halogens is 4. The number of anilines is 1. The SMILES string of the molecule is Nc1c(C(=O)O)cc(C(F)(F)F)c(CN2CCN(C(=O)O)CC2)c1Cl. The number of carboxylic acid groups (broad SMARTS) is 2. The number of carboxylic acids is 1. The van der Waals surface area contributed by atoms with Crippen LogP contribution in [0.25, 0.3) is 0 Å². The highest BCUT2D eigenvalue weighted by atomic mass is 35.5. The van der Waals surface area contributed by atoms with Crippen molar-refractivity contribution >= 4 is 29.4 Å². The van der Waals surface area contributed by atoms with Gasteiger partial charge >= 0.3 is 18.2 Å². The topological polar surface area (TPSA) is 107 Å². The van der Waals surface area contributed by atoms with Crippen molar-refractivity contribution in [2.45, 2.75) is 12.7 Å². The largest absolute Gasteiger partial charge is 0.478 e. The molecule has 1 aliphatic heterocycles. The molecule has 138 valence electrons. The Morgan fingerprint density at radius 3 is 2.20 bits per heavy atom. The van der Waals surface area contributed by atoms with Crippen LogP contribution in [0.15, 0.2) is 6.07 Å². The molecule has 7 nitrogen and oxygen atoms in total. The van der Waals surface area contributed by atoms with Crippen molar-refractivity contribution in [1.29, 1.82) is 0 Å². The molecule has 1 aromatic carbocycles. The number of amides is 1. The minimum absolute atomic E-state index is 0.150. The van der Waals surface area contributed by atoms with Crippen molar-refractivity contribution in [3.8, 4) is 0 Å². The lowest BCUT2D eigenvalue weighted by Crippen LogP contribution is -2.48. The first-order valence-corrected chi connectivity index (χ1v) is 7.51. The Kier molecular flexibility index (Phi) is 5.33. The van der Waals surface area contributed by atoms with Gasteiger partial charge < -0.3 is 20.8 Å². The van der Waals surface area contributed by atoms with Crippen molar-refractivity contribution in [3.05, 3.63) is 27.8 Å². The summed E-state index contributed by atoms with van der Waals surface area (Å²) in [7, 11) is 0. The third-order valence-corrected chi connectivity index (χ3v) is 4.40. The third kappa shape index (κ3) is 4.07. The monoisotopic (exact) mass is 381 g/mol. The van der Waals surface area contributed by atoms with Gasteiger partial charge in [-0.05, 0) is 11.6 Å². The summed E-state index contributed by atoms with van der Waals surface area (Å²) in [4.78, 5) is 24.7. The van der Waals surface area contributed by atoms with E-state index in [-0.39, 0.29) is 38.3 Å². The van der Waals surface area contributed by atoms with Gasteiger partial charge in [-0.2, -0.15) is 13.2 Å². The van der Waals surface area contributed by atoms with Gasteiger partial charge in [0.25, 0.3) is 0 Å². The zero-order chi connectivity index (χ0) is 18.9. The molecule has 0 aromatic heterocycles. The van der Waals surface area contributed by atoms with Crippen LogP contribution in [-0.2, 0) is 12.7 Å². The van der Waals surface area contributed by atoms with E-state index in [1.54, 1.807) is 4.90 Å². The zero-order valence-corrected chi connectivity index (χ0v) is 13.6. The number of rotatable bonds is 3. The van der Waals surface area contributed by atoms with Crippen LogP contribution in [0.2, 0.25) is 5.02 Å². The minimum Gasteiger partial charge on any atom is -0.478 e. The van der Waals surface area contributed by atoms with E-state index in [2.05, 4.69) is 0 Å². The fraction of sp³-hybridized carbons (Fsp3) is 0.429. The summed E-state index contributed by atoms with van der Waals surface area (Å²) in [5, 5.41) is 17.4. The maximum absolute atomic E-state index is 13.3. The van der Waals surface area contributed by atoms with E-state index >= 15 is 0 Å². The van der Waals surface area contributed by atoms with Crippen LogP contribution in [0.4, 0.5) is 23.7 Å². The van der Waals surface area contributed by atoms with Gasteiger partial charge in [-0.15, -0.1) is 0 Å². The van der Waals surface area contributed by atoms with Crippen molar-refractivity contribution in [1.82, 2.24) is 9.80 Å². The molecule has 4 N–H and O–H groups in total. The molecule has 0 aliphatic carbocycles. The van der Waals surface area contributed by atoms with Crippen LogP contribution in [0, 0.1) is 0 Å². The number of nitrogen functional groups attached to an aromatic ring is 1. The zero-order valence-electron chi connectivity index (χ0n) is 12.8. The van der Waals surface area contributed by atoms with E-state index in [1.165, 1.54) is 0 Å². The quantitative estimate of drug-likeness (QED) is 0.694. The molecule has 1 aliphatic rings. The molecule has 0 unspecified atom stereocenters. The third-order valence-electron chi connectivity index (χ3n) is 3.97. The molecule has 1 heterocycles. The number of aromatic carboxylic acids is 1. The molecular weight excluding hydrogens is 367 g/mol. The van der Waals surface area contributed by atoms with E-state index in [9.17, 15) is 22.8 Å². The Bertz CT molecular complexity index is 704. The molecule has 0 spiro atoms. The molecule has 2 rings (SSSR count). The first-order valence-electron chi connectivity index (χ1n) is 7.14. The van der Waals surface area contributed by atoms with Gasteiger partial charge in [-0.25, -0.2) is 9.59 Å². The highest BCUT2D eigenvalue weighted by Crippen LogP contribution is 2.40. The molecule has 1 amide bonds. The van der Waals surface area contributed by atoms with Gasteiger partial charge in [0.05, 0.1) is 21.8 Å². The second-order valence-electron chi connectivity index (χ2n) is 5.53. The summed E-state index contributed by atoms with van der Waals surface area (Å²) >= 11 is 5.93. The summed E-state index contributed by atoms with van der Waals surface area (Å²) in [6, 6.07) is 0.479. The molecule has 0 atom stereocenters. The van der Waals surface area contributed by atoms with E-state index in [4.69, 9.17) is 27.5 Å². The molecule has 0 saturated carbocycles. The Morgan fingerprint density at radius 2 is 1.76 bits per heavy atom. The van der Waals surface area contributed by atoms with Gasteiger partial charge in [0.1, 0.15) is 0 Å². The number of carbonyl (C=O) groups is 2. The number of benzene rings is 1. The summed E-state index contributed by atoms with van der Waals surface area (Å²) < 4.78 is 40.0. The minimum atomic E-state index is -4.81. The molecule has 1 aromatic rings. The van der Waals surface area contributed by atoms with Crippen molar-refractivity contribution in [2.75, 3.05) is 31.9 Å². The smallest absolute Gasteiger partial charge is 0.416 e. The Hall–Kier alpha value is -2.20. The van der Waals surface area contributed by atoms with Gasteiger partial charge in [0, 0.05) is 32.7 Å². The van der Waals surface area contributed by atoms with E-state index in [0.29, 0.717) is 6.07 Å². The molecule has 11 heteroatoms. The number of alkyl halides is 3. The highest BCUT2D eigenvalue weighted by Gasteiger charge is 2.37. The lowest BCUT2D eigenvalue weighted by Gasteiger charge is -2.33. The lowest BCUT2D eigenvalue weighted by molar-refractivity contribution is -0.138. The van der Waals surface area contributed by atoms with Crippen molar-refractivity contribution in [3.63, 3.8) is 0 Å². The number of nitrogens with two attached hydrogens (primary N) is 1. The number of piperazine rings is 1. The second-order valence-corrected chi connectivity index (χ2v) is 5.90. The van der Waals surface area contributed by atoms with E-state index in [1.807, 2.05) is 0 Å². The highest BCUT2D eigenvalue weighted by molar-refractivity contribution is 6.34. The Labute approximate surface area is 145 Å². The normalized spacial score (nSPS) is 16.1. The molecule has 0 radical (unpaired) electrons. The standard InChI is InChI=1S/C14H15ClF3N3O4/c15-10-8(6-20-1-3-21(4-2-20)13(24)25)9(14(16,17)18)5-7(11(10)19)12(22)23/h5H,1-4,6,19H2,(H,22,23)(H,24,25). The van der Waals surface area contributed by atoms with Crippen LogP contribution in [-0.4, -0.2) is 58.3 Å². The first-order chi connectivity index (χ1) is 11.5. The number of hydrogen-bond donors (Lipinski definition) is 3. The summed E-state index contributed by atoms with van der Waals surface area (Å²) in [6.45, 7) is 0.528. The fourth-order valence-corrected chi connectivity index (χ4v) is 2.88. The first kappa shape index (κ1) is 19.1. The summed E-state index contributed by atoms with van der Waals surface area (Å²) in [5.74, 6) is -1.61. The maximum atomic E-state index is 13.3. The van der Waals surface area contributed by atoms with Gasteiger partial charge in [-0.3, -0.25) is 4.90 Å². The molecule has 1 fully saturated rings. The van der Waals surface area contributed by atoms with Crippen LogP contribution in [0.3, 0.4) is 0 Å². The molecular formula is C14H15ClF3N3O4. The molecule has 25 heavy (non-hydrogen) atoms. The van der Waals surface area contributed by atoms with E-state index in [0.717, 1.165) is 4.90 Å². The van der Waals surface area contributed by atoms with Crippen molar-refractivity contribution in [2.24, 2.45) is 0 Å². The predicted octanol–water partition coefficient (Wildman–Crippen LogP) is 2.43. The Morgan fingerprint density at radius 1 is 1.20 bits per heavy atom. The number of nitrogens with zero attached hydrogens (tertiary/aromatic N) is 2. The average molecular weight is 382 g/mol. The van der Waals surface area contributed by atoms with Gasteiger partial charge in [-0.1, -0.05) is 11.6 Å². The van der Waals surface area contributed by atoms with Crippen LogP contribution in [0.1, 0.15) is 21.5 Å². The van der Waals surface area contributed by atoms with Crippen LogP contribution < -0.4 is 5.73 Å². The van der Waals surface area contributed by atoms with Gasteiger partial charge in [0.2, 0.25) is 0 Å². The Balaban J connectivity index is 2.35. The summed E-state index contributed by atoms with van der Waals surface area (Å²) in [5.41, 5.74) is 2.96. The fourth-order valence-electron chi connectivity index (χ4n) is 2.61. The maximum Gasteiger partial charge on any atom is 0.416 e. The summed E-state index contributed by atoms with van der Waals surface area (Å²) in [6.07, 6.45) is -5.90. The van der Waals surface area contributed by atoms with Crippen LogP contribution >= 0.6 is 11.6 Å². The van der Waals surface area contributed by atoms with Gasteiger partial charge in [0.15, 0.2) is 0 Å². The lowest BCUT2D eigenvalue weighted by atomic mass is 10.00. The molecule has 0 bridgehead atoms.